The van der Waals surface area contributed by atoms with E-state index in [4.69, 9.17) is 4.74 Å². The minimum absolute atomic E-state index is 0.0440. The first-order chi connectivity index (χ1) is 7.50. The second-order valence-electron chi connectivity index (χ2n) is 4.89. The van der Waals surface area contributed by atoms with Crippen molar-refractivity contribution in [3.05, 3.63) is 35.4 Å². The molecule has 0 unspecified atom stereocenters. The molecule has 0 saturated carbocycles. The zero-order valence-electron chi connectivity index (χ0n) is 9.99. The van der Waals surface area contributed by atoms with Gasteiger partial charge in [0, 0.05) is 5.56 Å². The molecule has 1 aromatic rings. The number of rotatable bonds is 1. The molecule has 0 spiro atoms. The van der Waals surface area contributed by atoms with E-state index in [1.54, 1.807) is 4.90 Å². The molecule has 0 aliphatic carbocycles. The van der Waals surface area contributed by atoms with Gasteiger partial charge < -0.3 is 9.64 Å². The first kappa shape index (κ1) is 11.1. The molecule has 3 nitrogen and oxygen atoms in total. The maximum absolute atomic E-state index is 12.2. The molecule has 0 atom stereocenters. The predicted octanol–water partition coefficient (Wildman–Crippen LogP) is 2.20. The molecule has 1 aliphatic heterocycles. The summed E-state index contributed by atoms with van der Waals surface area (Å²) in [4.78, 5) is 14.0. The van der Waals surface area contributed by atoms with Crippen LogP contribution >= 0.6 is 0 Å². The number of nitrogens with zero attached hydrogens (tertiary/aromatic N) is 1. The van der Waals surface area contributed by atoms with Crippen LogP contribution < -0.4 is 0 Å². The van der Waals surface area contributed by atoms with Gasteiger partial charge in [-0.15, -0.1) is 0 Å². The lowest BCUT2D eigenvalue weighted by atomic mass is 10.0. The number of ether oxygens (including phenoxy) is 1. The molecule has 1 aliphatic rings. The molecule has 1 heterocycles. The summed E-state index contributed by atoms with van der Waals surface area (Å²) in [5.41, 5.74) is 1.68. The van der Waals surface area contributed by atoms with Gasteiger partial charge >= 0.3 is 0 Å². The van der Waals surface area contributed by atoms with Crippen LogP contribution in [-0.4, -0.2) is 29.7 Å². The van der Waals surface area contributed by atoms with E-state index in [-0.39, 0.29) is 11.4 Å². The van der Waals surface area contributed by atoms with Gasteiger partial charge in [-0.3, -0.25) is 4.79 Å². The molecule has 16 heavy (non-hydrogen) atoms. The Kier molecular flexibility index (Phi) is 2.72. The third-order valence-corrected chi connectivity index (χ3v) is 2.95. The van der Waals surface area contributed by atoms with Crippen LogP contribution in [0.2, 0.25) is 0 Å². The molecule has 1 fully saturated rings. The minimum Gasteiger partial charge on any atom is -0.359 e. The number of benzene rings is 1. The van der Waals surface area contributed by atoms with Crippen LogP contribution in [0.1, 0.15) is 29.8 Å². The number of carbonyl (C=O) groups excluding carboxylic acids is 1. The van der Waals surface area contributed by atoms with Crippen LogP contribution in [0.15, 0.2) is 24.3 Å². The standard InChI is InChI=1S/C13H17NO2/c1-10-4-6-11(7-5-10)12(15)14-9-16-8-13(14,2)3/h4-7H,8-9H2,1-3H3. The Balaban J connectivity index is 2.22. The molecule has 1 saturated heterocycles. The van der Waals surface area contributed by atoms with Crippen molar-refractivity contribution in [2.45, 2.75) is 26.3 Å². The van der Waals surface area contributed by atoms with Crippen LogP contribution in [0.5, 0.6) is 0 Å². The summed E-state index contributed by atoms with van der Waals surface area (Å²) in [5.74, 6) is 0.0440. The van der Waals surface area contributed by atoms with Crippen LogP contribution in [0, 0.1) is 6.92 Å². The summed E-state index contributed by atoms with van der Waals surface area (Å²) in [7, 11) is 0. The van der Waals surface area contributed by atoms with Gasteiger partial charge in [0.25, 0.3) is 5.91 Å². The van der Waals surface area contributed by atoms with Crippen molar-refractivity contribution in [1.82, 2.24) is 4.90 Å². The fourth-order valence-corrected chi connectivity index (χ4v) is 1.82. The summed E-state index contributed by atoms with van der Waals surface area (Å²) in [6.07, 6.45) is 0. The van der Waals surface area contributed by atoms with Gasteiger partial charge in [0.1, 0.15) is 6.73 Å². The Morgan fingerprint density at radius 3 is 2.44 bits per heavy atom. The third kappa shape index (κ3) is 1.95. The maximum Gasteiger partial charge on any atom is 0.256 e. The molecular formula is C13H17NO2. The van der Waals surface area contributed by atoms with E-state index < -0.39 is 0 Å². The number of aryl methyl sites for hydroxylation is 1. The molecule has 0 radical (unpaired) electrons. The zero-order chi connectivity index (χ0) is 11.8. The van der Waals surface area contributed by atoms with E-state index in [1.807, 2.05) is 45.0 Å². The first-order valence-corrected chi connectivity index (χ1v) is 5.47. The van der Waals surface area contributed by atoms with E-state index >= 15 is 0 Å². The summed E-state index contributed by atoms with van der Waals surface area (Å²) in [6.45, 7) is 7.04. The fourth-order valence-electron chi connectivity index (χ4n) is 1.82. The normalized spacial score (nSPS) is 18.8. The summed E-state index contributed by atoms with van der Waals surface area (Å²) >= 11 is 0. The molecule has 0 bridgehead atoms. The fraction of sp³-hybridized carbons (Fsp3) is 0.462. The highest BCUT2D eigenvalue weighted by molar-refractivity contribution is 5.94. The molecule has 0 aromatic heterocycles. The highest BCUT2D eigenvalue weighted by Gasteiger charge is 2.36. The molecule has 0 N–H and O–H groups in total. The van der Waals surface area contributed by atoms with Crippen LogP contribution in [0.25, 0.3) is 0 Å². The Bertz CT molecular complexity index is 395. The Morgan fingerprint density at radius 2 is 1.94 bits per heavy atom. The highest BCUT2D eigenvalue weighted by Crippen LogP contribution is 2.23. The zero-order valence-corrected chi connectivity index (χ0v) is 9.99. The van der Waals surface area contributed by atoms with E-state index in [0.29, 0.717) is 13.3 Å². The second kappa shape index (κ2) is 3.91. The number of amides is 1. The molecular weight excluding hydrogens is 202 g/mol. The molecule has 1 aromatic carbocycles. The van der Waals surface area contributed by atoms with Crippen molar-refractivity contribution in [2.75, 3.05) is 13.3 Å². The second-order valence-corrected chi connectivity index (χ2v) is 4.89. The first-order valence-electron chi connectivity index (χ1n) is 5.47. The number of hydrogen-bond donors (Lipinski definition) is 0. The SMILES string of the molecule is Cc1ccc(C(=O)N2COCC2(C)C)cc1. The predicted molar refractivity (Wildman–Crippen MR) is 62.2 cm³/mol. The lowest BCUT2D eigenvalue weighted by Gasteiger charge is -2.29. The quantitative estimate of drug-likeness (QED) is 0.724. The van der Waals surface area contributed by atoms with Gasteiger partial charge in [-0.05, 0) is 32.9 Å². The van der Waals surface area contributed by atoms with Crippen molar-refractivity contribution in [2.24, 2.45) is 0 Å². The van der Waals surface area contributed by atoms with E-state index in [9.17, 15) is 4.79 Å². The van der Waals surface area contributed by atoms with E-state index in [0.717, 1.165) is 11.1 Å². The number of hydrogen-bond acceptors (Lipinski definition) is 2. The van der Waals surface area contributed by atoms with E-state index in [2.05, 4.69) is 0 Å². The summed E-state index contributed by atoms with van der Waals surface area (Å²) < 4.78 is 5.34. The van der Waals surface area contributed by atoms with Crippen molar-refractivity contribution >= 4 is 5.91 Å². The van der Waals surface area contributed by atoms with Crippen molar-refractivity contribution in [3.8, 4) is 0 Å². The molecule has 2 rings (SSSR count). The highest BCUT2D eigenvalue weighted by atomic mass is 16.5. The Hall–Kier alpha value is -1.35. The largest absolute Gasteiger partial charge is 0.359 e. The minimum atomic E-state index is -0.206. The van der Waals surface area contributed by atoms with Gasteiger partial charge in [-0.25, -0.2) is 0 Å². The van der Waals surface area contributed by atoms with Crippen molar-refractivity contribution < 1.29 is 9.53 Å². The lowest BCUT2D eigenvalue weighted by Crippen LogP contribution is -2.44. The monoisotopic (exact) mass is 219 g/mol. The van der Waals surface area contributed by atoms with Crippen LogP contribution in [0.3, 0.4) is 0 Å². The lowest BCUT2D eigenvalue weighted by molar-refractivity contribution is 0.0605. The maximum atomic E-state index is 12.2. The Labute approximate surface area is 96.0 Å². The van der Waals surface area contributed by atoms with Crippen LogP contribution in [0.4, 0.5) is 0 Å². The molecule has 3 heteroatoms. The van der Waals surface area contributed by atoms with Crippen molar-refractivity contribution in [3.63, 3.8) is 0 Å². The third-order valence-electron chi connectivity index (χ3n) is 2.95. The number of carbonyl (C=O) groups is 1. The van der Waals surface area contributed by atoms with Gasteiger partial charge in [0.15, 0.2) is 0 Å². The average Bonchev–Trinajstić information content (AvgIpc) is 2.58. The van der Waals surface area contributed by atoms with Crippen molar-refractivity contribution in [1.29, 1.82) is 0 Å². The van der Waals surface area contributed by atoms with E-state index in [1.165, 1.54) is 0 Å². The van der Waals surface area contributed by atoms with Gasteiger partial charge in [0.05, 0.1) is 12.1 Å². The van der Waals surface area contributed by atoms with Gasteiger partial charge in [-0.2, -0.15) is 0 Å². The van der Waals surface area contributed by atoms with Gasteiger partial charge in [0.2, 0.25) is 0 Å². The van der Waals surface area contributed by atoms with Crippen LogP contribution in [-0.2, 0) is 4.74 Å². The smallest absolute Gasteiger partial charge is 0.256 e. The Morgan fingerprint density at radius 1 is 1.31 bits per heavy atom. The average molecular weight is 219 g/mol. The van der Waals surface area contributed by atoms with Gasteiger partial charge in [-0.1, -0.05) is 17.7 Å². The summed E-state index contributed by atoms with van der Waals surface area (Å²) in [5, 5.41) is 0. The molecule has 86 valence electrons. The topological polar surface area (TPSA) is 29.5 Å². The molecule has 1 amide bonds. The summed E-state index contributed by atoms with van der Waals surface area (Å²) in [6, 6.07) is 7.65.